The molecule has 0 aliphatic rings. The predicted octanol–water partition coefficient (Wildman–Crippen LogP) is 2.30. The summed E-state index contributed by atoms with van der Waals surface area (Å²) in [5.74, 6) is -1.24. The van der Waals surface area contributed by atoms with Gasteiger partial charge in [0.25, 0.3) is 0 Å². The number of carboxylic acid groups (broad SMARTS) is 1. The van der Waals surface area contributed by atoms with Gasteiger partial charge in [-0.25, -0.2) is 4.79 Å². The van der Waals surface area contributed by atoms with Gasteiger partial charge in [0.05, 0.1) is 23.9 Å². The van der Waals surface area contributed by atoms with Gasteiger partial charge in [-0.15, -0.1) is 0 Å². The van der Waals surface area contributed by atoms with Gasteiger partial charge >= 0.3 is 11.9 Å². The van der Waals surface area contributed by atoms with E-state index in [4.69, 9.17) is 21.4 Å². The molecular formula is C15H23ClN2O4. The number of hydrogen-bond donors (Lipinski definition) is 3. The van der Waals surface area contributed by atoms with Crippen molar-refractivity contribution in [2.75, 3.05) is 18.5 Å². The van der Waals surface area contributed by atoms with Crippen LogP contribution in [0.3, 0.4) is 0 Å². The first-order valence-electron chi connectivity index (χ1n) is 6.99. The summed E-state index contributed by atoms with van der Waals surface area (Å²) in [7, 11) is 0. The third-order valence-corrected chi connectivity index (χ3v) is 2.97. The molecule has 0 aromatic heterocycles. The van der Waals surface area contributed by atoms with Crippen LogP contribution < -0.4 is 11.1 Å². The molecule has 1 aromatic rings. The first-order chi connectivity index (χ1) is 10.4. The number of nitrogens with one attached hydrogen (secondary N) is 1. The second-order valence-electron chi connectivity index (χ2n) is 4.34. The summed E-state index contributed by atoms with van der Waals surface area (Å²) in [5.41, 5.74) is 6.48. The molecule has 0 aliphatic heterocycles. The number of benzene rings is 1. The molecule has 4 N–H and O–H groups in total. The van der Waals surface area contributed by atoms with Crippen molar-refractivity contribution in [3.63, 3.8) is 0 Å². The number of carbonyl (C=O) groups excluding carboxylic acids is 1. The highest BCUT2D eigenvalue weighted by Crippen LogP contribution is 2.27. The zero-order valence-corrected chi connectivity index (χ0v) is 13.8. The largest absolute Gasteiger partial charge is 0.480 e. The Morgan fingerprint density at radius 1 is 1.41 bits per heavy atom. The molecule has 0 saturated carbocycles. The number of halogens is 1. The number of aryl methyl sites for hydroxylation is 1. The van der Waals surface area contributed by atoms with Crippen LogP contribution in [-0.4, -0.2) is 36.2 Å². The molecule has 124 valence electrons. The molecule has 0 heterocycles. The van der Waals surface area contributed by atoms with Gasteiger partial charge in [-0.2, -0.15) is 0 Å². The molecule has 7 heteroatoms. The number of aliphatic carboxylic acids is 1. The van der Waals surface area contributed by atoms with Crippen molar-refractivity contribution in [1.82, 2.24) is 0 Å². The second-order valence-corrected chi connectivity index (χ2v) is 4.75. The molecular weight excluding hydrogens is 308 g/mol. The van der Waals surface area contributed by atoms with Crippen molar-refractivity contribution in [2.45, 2.75) is 33.2 Å². The Bertz CT molecular complexity index is 494. The highest BCUT2D eigenvalue weighted by molar-refractivity contribution is 6.33. The van der Waals surface area contributed by atoms with Crippen molar-refractivity contribution in [1.29, 1.82) is 0 Å². The Balaban J connectivity index is 0.000000763. The van der Waals surface area contributed by atoms with E-state index in [9.17, 15) is 9.59 Å². The number of esters is 1. The average Bonchev–Trinajstić information content (AvgIpc) is 2.49. The van der Waals surface area contributed by atoms with Gasteiger partial charge in [-0.1, -0.05) is 30.7 Å². The lowest BCUT2D eigenvalue weighted by Gasteiger charge is -2.17. The maximum Gasteiger partial charge on any atom is 0.328 e. The smallest absolute Gasteiger partial charge is 0.328 e. The third-order valence-electron chi connectivity index (χ3n) is 2.66. The van der Waals surface area contributed by atoms with Crippen molar-refractivity contribution < 1.29 is 19.4 Å². The molecule has 0 bridgehead atoms. The van der Waals surface area contributed by atoms with Gasteiger partial charge in [-0.3, -0.25) is 4.79 Å². The van der Waals surface area contributed by atoms with Gasteiger partial charge in [0.1, 0.15) is 6.04 Å². The Hall–Kier alpha value is -1.79. The molecule has 6 nitrogen and oxygen atoms in total. The zero-order valence-electron chi connectivity index (χ0n) is 13.1. The monoisotopic (exact) mass is 330 g/mol. The van der Waals surface area contributed by atoms with E-state index in [0.717, 1.165) is 17.7 Å². The van der Waals surface area contributed by atoms with Crippen LogP contribution in [0.15, 0.2) is 18.2 Å². The highest BCUT2D eigenvalue weighted by Gasteiger charge is 2.16. The number of nitrogens with two attached hydrogens (primary N) is 1. The first-order valence-corrected chi connectivity index (χ1v) is 7.37. The Kier molecular flexibility index (Phi) is 9.98. The van der Waals surface area contributed by atoms with Crippen molar-refractivity contribution >= 4 is 29.2 Å². The molecule has 0 spiro atoms. The lowest BCUT2D eigenvalue weighted by molar-refractivity contribution is -0.143. The molecule has 1 rings (SSSR count). The lowest BCUT2D eigenvalue weighted by atomic mass is 10.1. The number of carboxylic acids is 1. The van der Waals surface area contributed by atoms with Gasteiger partial charge < -0.3 is 20.9 Å². The molecule has 0 radical (unpaired) electrons. The molecule has 0 fully saturated rings. The van der Waals surface area contributed by atoms with Crippen molar-refractivity contribution in [3.8, 4) is 0 Å². The van der Waals surface area contributed by atoms with Crippen LogP contribution >= 0.6 is 11.6 Å². The average molecular weight is 331 g/mol. The summed E-state index contributed by atoms with van der Waals surface area (Å²) >= 11 is 6.12. The van der Waals surface area contributed by atoms with E-state index in [1.165, 1.54) is 0 Å². The summed E-state index contributed by atoms with van der Waals surface area (Å²) in [6.07, 6.45) is 0.860. The summed E-state index contributed by atoms with van der Waals surface area (Å²) in [6.45, 7) is 5.71. The van der Waals surface area contributed by atoms with E-state index in [-0.39, 0.29) is 12.5 Å². The highest BCUT2D eigenvalue weighted by atomic mass is 35.5. The van der Waals surface area contributed by atoms with Gasteiger partial charge in [0.15, 0.2) is 0 Å². The third kappa shape index (κ3) is 7.28. The fourth-order valence-corrected chi connectivity index (χ4v) is 1.82. The van der Waals surface area contributed by atoms with E-state index in [1.807, 2.05) is 19.1 Å². The SMILES string of the molecule is CCOC(=O)[C@H](C)Nc1c(Cl)cccc1CC.NCC(=O)O. The Morgan fingerprint density at radius 3 is 2.45 bits per heavy atom. The van der Waals surface area contributed by atoms with Crippen LogP contribution in [0.4, 0.5) is 5.69 Å². The Morgan fingerprint density at radius 2 is 2.00 bits per heavy atom. The minimum absolute atomic E-state index is 0.269. The second kappa shape index (κ2) is 10.9. The fraction of sp³-hybridized carbons (Fsp3) is 0.467. The number of para-hydroxylation sites is 1. The molecule has 22 heavy (non-hydrogen) atoms. The Labute approximate surface area is 135 Å². The molecule has 1 aromatic carbocycles. The summed E-state index contributed by atoms with van der Waals surface area (Å²) in [4.78, 5) is 20.8. The van der Waals surface area contributed by atoms with Crippen LogP contribution in [0.2, 0.25) is 5.02 Å². The van der Waals surface area contributed by atoms with Crippen LogP contribution in [-0.2, 0) is 20.7 Å². The molecule has 0 unspecified atom stereocenters. The number of anilines is 1. The van der Waals surface area contributed by atoms with E-state index in [1.54, 1.807) is 19.9 Å². The quantitative estimate of drug-likeness (QED) is 0.692. The number of carbonyl (C=O) groups is 2. The number of rotatable bonds is 6. The topological polar surface area (TPSA) is 102 Å². The molecule has 1 atom stereocenters. The van der Waals surface area contributed by atoms with Crippen LogP contribution in [0, 0.1) is 0 Å². The molecule has 0 saturated heterocycles. The number of ether oxygens (including phenoxy) is 1. The maximum atomic E-state index is 11.5. The van der Waals surface area contributed by atoms with Crippen LogP contribution in [0.1, 0.15) is 26.3 Å². The normalized spacial score (nSPS) is 11.0. The lowest BCUT2D eigenvalue weighted by Crippen LogP contribution is -2.28. The zero-order chi connectivity index (χ0) is 17.1. The minimum Gasteiger partial charge on any atom is -0.480 e. The summed E-state index contributed by atoms with van der Waals surface area (Å²) < 4.78 is 4.94. The van der Waals surface area contributed by atoms with Crippen molar-refractivity contribution in [3.05, 3.63) is 28.8 Å². The summed E-state index contributed by atoms with van der Waals surface area (Å²) in [6, 6.07) is 5.30. The number of hydrogen-bond acceptors (Lipinski definition) is 5. The van der Waals surface area contributed by atoms with Gasteiger partial charge in [0, 0.05) is 0 Å². The standard InChI is InChI=1S/C13H18ClNO2.C2H5NO2/c1-4-10-7-6-8-11(14)12(10)15-9(3)13(16)17-5-2;3-1-2(4)5/h6-9,15H,4-5H2,1-3H3;1,3H2,(H,4,5)/t9-;/m0./s1. The van der Waals surface area contributed by atoms with Gasteiger partial charge in [-0.05, 0) is 31.9 Å². The van der Waals surface area contributed by atoms with E-state index in [2.05, 4.69) is 11.1 Å². The molecule has 0 amide bonds. The minimum atomic E-state index is -0.968. The van der Waals surface area contributed by atoms with Crippen LogP contribution in [0.25, 0.3) is 0 Å². The fourth-order valence-electron chi connectivity index (χ4n) is 1.57. The van der Waals surface area contributed by atoms with E-state index < -0.39 is 12.0 Å². The van der Waals surface area contributed by atoms with E-state index in [0.29, 0.717) is 11.6 Å². The predicted molar refractivity (Wildman–Crippen MR) is 87.2 cm³/mol. The first kappa shape index (κ1) is 20.2. The van der Waals surface area contributed by atoms with E-state index >= 15 is 0 Å². The summed E-state index contributed by atoms with van der Waals surface area (Å²) in [5, 5.41) is 11.3. The van der Waals surface area contributed by atoms with Crippen molar-refractivity contribution in [2.24, 2.45) is 5.73 Å². The molecule has 0 aliphatic carbocycles. The van der Waals surface area contributed by atoms with Gasteiger partial charge in [0.2, 0.25) is 0 Å². The van der Waals surface area contributed by atoms with Crippen LogP contribution in [0.5, 0.6) is 0 Å². The maximum absolute atomic E-state index is 11.5.